The number of likely N-dealkylation sites (tertiary alicyclic amines) is 2. The fourth-order valence-electron chi connectivity index (χ4n) is 7.91. The second-order valence-electron chi connectivity index (χ2n) is 13.7. The Kier molecular flexibility index (Phi) is 14.0. The molecule has 3 amide bonds. The van der Waals surface area contributed by atoms with Gasteiger partial charge in [0.25, 0.3) is 5.91 Å². The molecule has 3 saturated heterocycles. The molecule has 0 radical (unpaired) electrons. The molecule has 3 N–H and O–H groups in total. The Hall–Kier alpha value is -1.91. The standard InChI is InChI=1S/C34H53N5O4.2ClH/c1-3-4-18-39-31(41)29(23-33(43)14-6-5-7-15-33)36-32(42)34(39)16-21-38(22-17-34)25-27-12-19-37(20-13-27)24-26-8-10-28(11-9-26)30(40)35-2;;/h8-11,27,29,43H,3-7,12-25H2,1-2H3,(H,35,40)(H,36,42);2*1H/t29-;;/m1../s1. The third-order valence-electron chi connectivity index (χ3n) is 10.7. The van der Waals surface area contributed by atoms with Crippen molar-refractivity contribution in [3.05, 3.63) is 35.4 Å². The number of aliphatic hydroxyl groups is 1. The Morgan fingerprint density at radius 1 is 0.956 bits per heavy atom. The van der Waals surface area contributed by atoms with E-state index in [-0.39, 0.29) is 42.5 Å². The lowest BCUT2D eigenvalue weighted by molar-refractivity contribution is -0.163. The topological polar surface area (TPSA) is 105 Å². The molecule has 0 bridgehead atoms. The molecule has 254 valence electrons. The highest BCUT2D eigenvalue weighted by Crippen LogP contribution is 2.38. The van der Waals surface area contributed by atoms with E-state index in [1.54, 1.807) is 7.05 Å². The van der Waals surface area contributed by atoms with E-state index < -0.39 is 17.2 Å². The normalized spacial score (nSPS) is 24.0. The number of nitrogens with one attached hydrogen (secondary N) is 2. The van der Waals surface area contributed by atoms with Crippen LogP contribution < -0.4 is 10.6 Å². The highest BCUT2D eigenvalue weighted by molar-refractivity contribution is 6.00. The first-order chi connectivity index (χ1) is 20.7. The molecule has 4 aliphatic rings. The van der Waals surface area contributed by atoms with E-state index in [4.69, 9.17) is 0 Å². The number of piperazine rings is 1. The SMILES string of the molecule is CCCCN1C(=O)[C@@H](CC2(O)CCCCC2)NC(=O)C12CCN(CC1CCN(Cc3ccc(C(=O)NC)cc3)CC1)CC2.Cl.Cl. The van der Waals surface area contributed by atoms with Gasteiger partial charge in [-0.1, -0.05) is 44.7 Å². The average Bonchev–Trinajstić information content (AvgIpc) is 3.02. The minimum absolute atomic E-state index is 0. The van der Waals surface area contributed by atoms with E-state index >= 15 is 0 Å². The number of carbonyl (C=O) groups excluding carboxylic acids is 3. The maximum Gasteiger partial charge on any atom is 0.251 e. The number of benzene rings is 1. The molecule has 1 aromatic carbocycles. The molecule has 5 rings (SSSR count). The minimum Gasteiger partial charge on any atom is -0.390 e. The Balaban J connectivity index is 0.00000276. The smallest absolute Gasteiger partial charge is 0.251 e. The number of nitrogens with zero attached hydrogens (tertiary/aromatic N) is 3. The van der Waals surface area contributed by atoms with E-state index in [0.29, 0.717) is 50.1 Å². The van der Waals surface area contributed by atoms with Gasteiger partial charge in [-0.15, -0.1) is 24.8 Å². The number of rotatable bonds is 10. The summed E-state index contributed by atoms with van der Waals surface area (Å²) in [6.07, 6.45) is 10.4. The number of hydrogen-bond acceptors (Lipinski definition) is 6. The zero-order chi connectivity index (χ0) is 30.5. The summed E-state index contributed by atoms with van der Waals surface area (Å²) in [5.41, 5.74) is 0.319. The number of unbranched alkanes of at least 4 members (excludes halogenated alkanes) is 1. The van der Waals surface area contributed by atoms with Gasteiger partial charge < -0.3 is 25.5 Å². The van der Waals surface area contributed by atoms with E-state index in [1.807, 2.05) is 17.0 Å². The van der Waals surface area contributed by atoms with Crippen LogP contribution in [0.15, 0.2) is 24.3 Å². The zero-order valence-electron chi connectivity index (χ0n) is 27.2. The summed E-state index contributed by atoms with van der Waals surface area (Å²) in [4.78, 5) is 46.4. The predicted molar refractivity (Wildman–Crippen MR) is 182 cm³/mol. The fraction of sp³-hybridized carbons (Fsp3) is 0.735. The second kappa shape index (κ2) is 16.8. The summed E-state index contributed by atoms with van der Waals surface area (Å²) in [6.45, 7) is 8.48. The molecule has 0 unspecified atom stereocenters. The van der Waals surface area contributed by atoms with Crippen LogP contribution in [-0.4, -0.2) is 101 Å². The molecule has 9 nitrogen and oxygen atoms in total. The van der Waals surface area contributed by atoms with Gasteiger partial charge in [0.05, 0.1) is 5.60 Å². The molecule has 1 aliphatic carbocycles. The highest BCUT2D eigenvalue weighted by atomic mass is 35.5. The summed E-state index contributed by atoms with van der Waals surface area (Å²) in [7, 11) is 1.65. The molecule has 45 heavy (non-hydrogen) atoms. The second-order valence-corrected chi connectivity index (χ2v) is 13.7. The van der Waals surface area contributed by atoms with Crippen LogP contribution in [0, 0.1) is 5.92 Å². The van der Waals surface area contributed by atoms with Crippen LogP contribution in [0.2, 0.25) is 0 Å². The molecule has 4 fully saturated rings. The van der Waals surface area contributed by atoms with Crippen molar-refractivity contribution in [1.29, 1.82) is 0 Å². The van der Waals surface area contributed by atoms with Crippen molar-refractivity contribution >= 4 is 42.5 Å². The minimum atomic E-state index is -0.844. The molecule has 1 aromatic rings. The van der Waals surface area contributed by atoms with Gasteiger partial charge in [0.15, 0.2) is 0 Å². The number of piperidine rings is 2. The quantitative estimate of drug-likeness (QED) is 0.346. The predicted octanol–water partition coefficient (Wildman–Crippen LogP) is 4.15. The van der Waals surface area contributed by atoms with Crippen LogP contribution in [-0.2, 0) is 16.1 Å². The monoisotopic (exact) mass is 667 g/mol. The molecule has 1 spiro atoms. The zero-order valence-corrected chi connectivity index (χ0v) is 28.9. The van der Waals surface area contributed by atoms with Gasteiger partial charge in [0, 0.05) is 51.8 Å². The summed E-state index contributed by atoms with van der Waals surface area (Å²) in [5.74, 6) is 0.582. The largest absolute Gasteiger partial charge is 0.390 e. The molecule has 11 heteroatoms. The lowest BCUT2D eigenvalue weighted by atomic mass is 9.77. The Bertz CT molecular complexity index is 1110. The van der Waals surface area contributed by atoms with Crippen molar-refractivity contribution in [2.75, 3.05) is 46.3 Å². The molecule has 3 aliphatic heterocycles. The van der Waals surface area contributed by atoms with Crippen LogP contribution in [0.1, 0.15) is 99.9 Å². The van der Waals surface area contributed by atoms with Gasteiger partial charge >= 0.3 is 0 Å². The van der Waals surface area contributed by atoms with Crippen molar-refractivity contribution in [3.8, 4) is 0 Å². The van der Waals surface area contributed by atoms with E-state index in [2.05, 4.69) is 39.5 Å². The molecule has 1 atom stereocenters. The summed E-state index contributed by atoms with van der Waals surface area (Å²) < 4.78 is 0. The maximum atomic E-state index is 13.9. The summed E-state index contributed by atoms with van der Waals surface area (Å²) in [5, 5.41) is 16.9. The van der Waals surface area contributed by atoms with Crippen LogP contribution in [0.25, 0.3) is 0 Å². The van der Waals surface area contributed by atoms with Gasteiger partial charge in [-0.2, -0.15) is 0 Å². The van der Waals surface area contributed by atoms with Crippen molar-refractivity contribution in [2.45, 2.75) is 108 Å². The summed E-state index contributed by atoms with van der Waals surface area (Å²) in [6, 6.07) is 7.28. The first-order valence-corrected chi connectivity index (χ1v) is 16.9. The first kappa shape index (κ1) is 37.5. The molecule has 1 saturated carbocycles. The van der Waals surface area contributed by atoms with Crippen LogP contribution in [0.4, 0.5) is 0 Å². The summed E-state index contributed by atoms with van der Waals surface area (Å²) >= 11 is 0. The van der Waals surface area contributed by atoms with Gasteiger partial charge in [-0.25, -0.2) is 0 Å². The molecule has 3 heterocycles. The van der Waals surface area contributed by atoms with Gasteiger partial charge in [0.1, 0.15) is 11.6 Å². The first-order valence-electron chi connectivity index (χ1n) is 16.9. The molecular weight excluding hydrogens is 613 g/mol. The van der Waals surface area contributed by atoms with Crippen molar-refractivity contribution in [3.63, 3.8) is 0 Å². The lowest BCUT2D eigenvalue weighted by Gasteiger charge is -2.52. The molecule has 0 aromatic heterocycles. The molecular formula is C34H55Cl2N5O4. The Morgan fingerprint density at radius 2 is 1.60 bits per heavy atom. The number of amides is 3. The van der Waals surface area contributed by atoms with Gasteiger partial charge in [0.2, 0.25) is 11.8 Å². The third kappa shape index (κ3) is 8.92. The van der Waals surface area contributed by atoms with Crippen molar-refractivity contribution < 1.29 is 19.5 Å². The van der Waals surface area contributed by atoms with Crippen LogP contribution >= 0.6 is 24.8 Å². The van der Waals surface area contributed by atoms with Crippen molar-refractivity contribution in [2.24, 2.45) is 5.92 Å². The number of halogens is 2. The average molecular weight is 669 g/mol. The van der Waals surface area contributed by atoms with E-state index in [1.165, 1.54) is 5.56 Å². The van der Waals surface area contributed by atoms with Gasteiger partial charge in [-0.3, -0.25) is 19.3 Å². The Morgan fingerprint density at radius 3 is 2.20 bits per heavy atom. The third-order valence-corrected chi connectivity index (χ3v) is 10.7. The lowest BCUT2D eigenvalue weighted by Crippen LogP contribution is -2.73. The van der Waals surface area contributed by atoms with Crippen LogP contribution in [0.3, 0.4) is 0 Å². The van der Waals surface area contributed by atoms with E-state index in [9.17, 15) is 19.5 Å². The maximum absolute atomic E-state index is 13.9. The fourth-order valence-corrected chi connectivity index (χ4v) is 7.91. The highest BCUT2D eigenvalue weighted by Gasteiger charge is 2.54. The Labute approximate surface area is 282 Å². The van der Waals surface area contributed by atoms with Crippen molar-refractivity contribution in [1.82, 2.24) is 25.3 Å². The number of carbonyl (C=O) groups is 3. The number of hydrogen-bond donors (Lipinski definition) is 3. The van der Waals surface area contributed by atoms with E-state index in [0.717, 1.165) is 84.2 Å². The van der Waals surface area contributed by atoms with Crippen LogP contribution in [0.5, 0.6) is 0 Å². The van der Waals surface area contributed by atoms with Gasteiger partial charge in [-0.05, 0) is 81.6 Å².